The lowest BCUT2D eigenvalue weighted by molar-refractivity contribution is -0.147. The summed E-state index contributed by atoms with van der Waals surface area (Å²) < 4.78 is 5.47. The molecule has 0 spiro atoms. The van der Waals surface area contributed by atoms with Crippen LogP contribution in [0.1, 0.15) is 23.5 Å². The molecule has 0 aromatic heterocycles. The summed E-state index contributed by atoms with van der Waals surface area (Å²) in [5.41, 5.74) is 4.60. The van der Waals surface area contributed by atoms with Gasteiger partial charge in [0.15, 0.2) is 0 Å². The van der Waals surface area contributed by atoms with Crippen molar-refractivity contribution in [3.8, 4) is 11.1 Å². The van der Waals surface area contributed by atoms with Gasteiger partial charge in [0.1, 0.15) is 12.6 Å². The van der Waals surface area contributed by atoms with Gasteiger partial charge in [0.2, 0.25) is 5.91 Å². The van der Waals surface area contributed by atoms with Crippen molar-refractivity contribution in [1.82, 2.24) is 15.1 Å². The molecule has 1 saturated heterocycles. The number of ether oxygens (including phenoxy) is 1. The number of nitrogens with one attached hydrogen (secondary N) is 1. The number of piperazine rings is 1. The number of amides is 2. The first-order valence-electron chi connectivity index (χ1n) is 10.8. The van der Waals surface area contributed by atoms with E-state index in [0.717, 1.165) is 22.3 Å². The number of likely N-dealkylation sites (N-methyl/N-ethyl adjacent to an activating group) is 1. The lowest BCUT2D eigenvalue weighted by Gasteiger charge is -2.37. The Morgan fingerprint density at radius 2 is 1.66 bits per heavy atom. The van der Waals surface area contributed by atoms with Gasteiger partial charge < -0.3 is 20.1 Å². The molecule has 8 nitrogen and oxygen atoms in total. The molecule has 1 aliphatic heterocycles. The van der Waals surface area contributed by atoms with Crippen molar-refractivity contribution >= 4 is 18.0 Å². The lowest BCUT2D eigenvalue weighted by Crippen LogP contribution is -2.56. The molecule has 1 fully saturated rings. The van der Waals surface area contributed by atoms with Crippen molar-refractivity contribution in [2.24, 2.45) is 0 Å². The Bertz CT molecular complexity index is 979. The number of rotatable bonds is 6. The summed E-state index contributed by atoms with van der Waals surface area (Å²) in [6, 6.07) is 15.5. The van der Waals surface area contributed by atoms with Crippen LogP contribution in [-0.4, -0.2) is 78.8 Å². The molecule has 0 bridgehead atoms. The number of alkyl carbamates (subject to hydrolysis) is 1. The highest BCUT2D eigenvalue weighted by Crippen LogP contribution is 2.44. The van der Waals surface area contributed by atoms with Gasteiger partial charge in [-0.05, 0) is 29.3 Å². The van der Waals surface area contributed by atoms with Crippen LogP contribution in [0.2, 0.25) is 0 Å². The molecule has 168 valence electrons. The second-order valence-corrected chi connectivity index (χ2v) is 8.18. The third-order valence-corrected chi connectivity index (χ3v) is 6.24. The molecule has 32 heavy (non-hydrogen) atoms. The Kier molecular flexibility index (Phi) is 6.41. The molecule has 2 N–H and O–H groups in total. The van der Waals surface area contributed by atoms with E-state index in [0.29, 0.717) is 13.1 Å². The minimum absolute atomic E-state index is 0.0203. The predicted octanol–water partition coefficient (Wildman–Crippen LogP) is 2.14. The van der Waals surface area contributed by atoms with Gasteiger partial charge in [-0.3, -0.25) is 14.5 Å². The van der Waals surface area contributed by atoms with Crippen molar-refractivity contribution in [2.75, 3.05) is 39.8 Å². The number of carboxylic acid groups (broad SMARTS) is 1. The van der Waals surface area contributed by atoms with Gasteiger partial charge in [0.25, 0.3) is 0 Å². The Morgan fingerprint density at radius 1 is 1.03 bits per heavy atom. The standard InChI is InChI=1S/C24H27N3O5/c1-26-12-13-27(14-21(26)23(29)30)22(28)10-11-25-24(31)32-15-20-18-8-4-2-6-16(18)17-7-3-5-9-19(17)20/h2-9,20-21H,10-15H2,1H3,(H,25,31)(H,29,30). The molecule has 2 amide bonds. The van der Waals surface area contributed by atoms with Crippen molar-refractivity contribution in [3.63, 3.8) is 0 Å². The summed E-state index contributed by atoms with van der Waals surface area (Å²) in [7, 11) is 1.74. The van der Waals surface area contributed by atoms with E-state index in [9.17, 15) is 19.5 Å². The van der Waals surface area contributed by atoms with E-state index >= 15 is 0 Å². The van der Waals surface area contributed by atoms with E-state index in [2.05, 4.69) is 29.6 Å². The number of aliphatic carboxylic acids is 1. The van der Waals surface area contributed by atoms with Crippen LogP contribution in [0.15, 0.2) is 48.5 Å². The van der Waals surface area contributed by atoms with Crippen molar-refractivity contribution < 1.29 is 24.2 Å². The van der Waals surface area contributed by atoms with E-state index < -0.39 is 18.1 Å². The SMILES string of the molecule is CN1CCN(C(=O)CCNC(=O)OCC2c3ccccc3-c3ccccc32)CC1C(=O)O. The molecule has 1 heterocycles. The number of carbonyl (C=O) groups is 3. The minimum Gasteiger partial charge on any atom is -0.480 e. The Morgan fingerprint density at radius 3 is 2.28 bits per heavy atom. The quantitative estimate of drug-likeness (QED) is 0.719. The first-order chi connectivity index (χ1) is 15.5. The van der Waals surface area contributed by atoms with Crippen molar-refractivity contribution in [2.45, 2.75) is 18.4 Å². The van der Waals surface area contributed by atoms with E-state index in [1.807, 2.05) is 24.3 Å². The Labute approximate surface area is 186 Å². The maximum atomic E-state index is 12.4. The first-order valence-corrected chi connectivity index (χ1v) is 10.8. The Hall–Kier alpha value is -3.39. The summed E-state index contributed by atoms with van der Waals surface area (Å²) in [5, 5.41) is 11.9. The van der Waals surface area contributed by atoms with Crippen LogP contribution in [0, 0.1) is 0 Å². The number of benzene rings is 2. The smallest absolute Gasteiger partial charge is 0.407 e. The zero-order chi connectivity index (χ0) is 22.7. The van der Waals surface area contributed by atoms with Gasteiger partial charge in [-0.25, -0.2) is 4.79 Å². The number of carbonyl (C=O) groups excluding carboxylic acids is 2. The summed E-state index contributed by atoms with van der Waals surface area (Å²) in [6.07, 6.45) is -0.471. The zero-order valence-electron chi connectivity index (χ0n) is 18.0. The molecule has 1 atom stereocenters. The molecular formula is C24H27N3O5. The molecule has 2 aromatic rings. The van der Waals surface area contributed by atoms with Gasteiger partial charge in [-0.2, -0.15) is 0 Å². The summed E-state index contributed by atoms with van der Waals surface area (Å²) in [5.74, 6) is -1.14. The molecule has 0 radical (unpaired) electrons. The van der Waals surface area contributed by atoms with E-state index in [4.69, 9.17) is 4.74 Å². The number of fused-ring (bicyclic) bond motifs is 3. The van der Waals surface area contributed by atoms with E-state index in [1.54, 1.807) is 11.9 Å². The second-order valence-electron chi connectivity index (χ2n) is 8.18. The summed E-state index contributed by atoms with van der Waals surface area (Å²) in [4.78, 5) is 39.2. The number of carboxylic acids is 1. The van der Waals surface area contributed by atoms with Crippen LogP contribution in [-0.2, 0) is 14.3 Å². The molecular weight excluding hydrogens is 410 g/mol. The summed E-state index contributed by atoms with van der Waals surface area (Å²) in [6.45, 7) is 1.48. The van der Waals surface area contributed by atoms with Crippen LogP contribution in [0.25, 0.3) is 11.1 Å². The molecule has 1 unspecified atom stereocenters. The Balaban J connectivity index is 1.26. The number of hydrogen-bond donors (Lipinski definition) is 2. The largest absolute Gasteiger partial charge is 0.480 e. The van der Waals surface area contributed by atoms with E-state index in [1.165, 1.54) is 4.90 Å². The average Bonchev–Trinajstić information content (AvgIpc) is 3.11. The van der Waals surface area contributed by atoms with Gasteiger partial charge in [0, 0.05) is 38.5 Å². The summed E-state index contributed by atoms with van der Waals surface area (Å²) >= 11 is 0. The normalized spacial score (nSPS) is 18.0. The van der Waals surface area contributed by atoms with E-state index in [-0.39, 0.29) is 37.9 Å². The van der Waals surface area contributed by atoms with Gasteiger partial charge in [0.05, 0.1) is 0 Å². The van der Waals surface area contributed by atoms with Gasteiger partial charge in [-0.1, -0.05) is 48.5 Å². The molecule has 4 rings (SSSR count). The molecule has 2 aliphatic rings. The highest BCUT2D eigenvalue weighted by atomic mass is 16.5. The van der Waals surface area contributed by atoms with Crippen LogP contribution >= 0.6 is 0 Å². The fourth-order valence-electron chi connectivity index (χ4n) is 4.45. The third kappa shape index (κ3) is 4.45. The fraction of sp³-hybridized carbons (Fsp3) is 0.375. The molecule has 2 aromatic carbocycles. The van der Waals surface area contributed by atoms with Crippen LogP contribution < -0.4 is 5.32 Å². The predicted molar refractivity (Wildman–Crippen MR) is 118 cm³/mol. The zero-order valence-corrected chi connectivity index (χ0v) is 18.0. The fourth-order valence-corrected chi connectivity index (χ4v) is 4.45. The second kappa shape index (κ2) is 9.40. The topological polar surface area (TPSA) is 99.2 Å². The highest BCUT2D eigenvalue weighted by Gasteiger charge is 2.32. The molecule has 0 saturated carbocycles. The third-order valence-electron chi connectivity index (χ3n) is 6.24. The lowest BCUT2D eigenvalue weighted by atomic mass is 9.98. The molecule has 8 heteroatoms. The number of hydrogen-bond acceptors (Lipinski definition) is 5. The minimum atomic E-state index is -0.943. The van der Waals surface area contributed by atoms with Gasteiger partial charge in [-0.15, -0.1) is 0 Å². The van der Waals surface area contributed by atoms with Gasteiger partial charge >= 0.3 is 12.1 Å². The van der Waals surface area contributed by atoms with Crippen LogP contribution in [0.5, 0.6) is 0 Å². The van der Waals surface area contributed by atoms with Crippen LogP contribution in [0.3, 0.4) is 0 Å². The van der Waals surface area contributed by atoms with Crippen molar-refractivity contribution in [1.29, 1.82) is 0 Å². The monoisotopic (exact) mass is 437 g/mol. The van der Waals surface area contributed by atoms with Crippen molar-refractivity contribution in [3.05, 3.63) is 59.7 Å². The maximum Gasteiger partial charge on any atom is 0.407 e. The number of nitrogens with zero attached hydrogens (tertiary/aromatic N) is 2. The average molecular weight is 437 g/mol. The maximum absolute atomic E-state index is 12.4. The first kappa shape index (κ1) is 21.8. The van der Waals surface area contributed by atoms with Crippen LogP contribution in [0.4, 0.5) is 4.79 Å². The molecule has 1 aliphatic carbocycles. The highest BCUT2D eigenvalue weighted by molar-refractivity contribution is 5.80.